The Labute approximate surface area is 168 Å². The van der Waals surface area contributed by atoms with E-state index >= 15 is 0 Å². The fourth-order valence-corrected chi connectivity index (χ4v) is 3.27. The van der Waals surface area contributed by atoms with Crippen LogP contribution in [0.1, 0.15) is 24.2 Å². The highest BCUT2D eigenvalue weighted by molar-refractivity contribution is 5.80. The van der Waals surface area contributed by atoms with Crippen molar-refractivity contribution >= 4 is 12.1 Å². The van der Waals surface area contributed by atoms with Crippen LogP contribution < -0.4 is 9.47 Å². The second-order valence-corrected chi connectivity index (χ2v) is 6.38. The Balaban J connectivity index is 2.05. The van der Waals surface area contributed by atoms with Gasteiger partial charge < -0.3 is 24.1 Å². The van der Waals surface area contributed by atoms with Crippen LogP contribution >= 0.6 is 0 Å². The van der Waals surface area contributed by atoms with Crippen LogP contribution in [0.3, 0.4) is 0 Å². The zero-order valence-electron chi connectivity index (χ0n) is 16.5. The normalized spacial score (nSPS) is 20.9. The second-order valence-electron chi connectivity index (χ2n) is 6.38. The van der Waals surface area contributed by atoms with Crippen molar-refractivity contribution in [1.29, 1.82) is 0 Å². The SMILES string of the molecule is CCOC(=O)CN1C(=O)OC(c2ccc(OC)cc2)C1(O)c1ccc(OC)cc1. The van der Waals surface area contributed by atoms with Gasteiger partial charge in [-0.05, 0) is 36.8 Å². The first-order valence-corrected chi connectivity index (χ1v) is 9.08. The monoisotopic (exact) mass is 401 g/mol. The number of methoxy groups -OCH3 is 2. The predicted molar refractivity (Wildman–Crippen MR) is 102 cm³/mol. The van der Waals surface area contributed by atoms with E-state index in [1.165, 1.54) is 7.11 Å². The highest BCUT2D eigenvalue weighted by Gasteiger charge is 2.56. The van der Waals surface area contributed by atoms with Crippen molar-refractivity contribution in [2.24, 2.45) is 0 Å². The van der Waals surface area contributed by atoms with Gasteiger partial charge in [-0.15, -0.1) is 0 Å². The molecule has 0 radical (unpaired) electrons. The van der Waals surface area contributed by atoms with Crippen molar-refractivity contribution in [3.05, 3.63) is 59.7 Å². The molecule has 0 aromatic heterocycles. The average Bonchev–Trinajstić information content (AvgIpc) is 3.00. The van der Waals surface area contributed by atoms with Gasteiger partial charge in [0.05, 0.1) is 20.8 Å². The smallest absolute Gasteiger partial charge is 0.413 e. The van der Waals surface area contributed by atoms with Gasteiger partial charge in [0.1, 0.15) is 18.0 Å². The molecule has 1 aliphatic rings. The molecule has 0 aliphatic carbocycles. The Kier molecular flexibility index (Phi) is 5.93. The predicted octanol–water partition coefficient (Wildman–Crippen LogP) is 2.61. The molecule has 1 saturated heterocycles. The highest BCUT2D eigenvalue weighted by Crippen LogP contribution is 2.47. The van der Waals surface area contributed by atoms with E-state index in [0.29, 0.717) is 22.6 Å². The zero-order chi connectivity index (χ0) is 21.0. The number of amides is 1. The molecular weight excluding hydrogens is 378 g/mol. The summed E-state index contributed by atoms with van der Waals surface area (Å²) in [6.07, 6.45) is -1.89. The minimum absolute atomic E-state index is 0.157. The number of hydrogen-bond acceptors (Lipinski definition) is 7. The molecule has 1 aliphatic heterocycles. The van der Waals surface area contributed by atoms with E-state index in [-0.39, 0.29) is 6.61 Å². The number of ether oxygens (including phenoxy) is 4. The summed E-state index contributed by atoms with van der Waals surface area (Å²) in [7, 11) is 3.07. The first-order chi connectivity index (χ1) is 13.9. The summed E-state index contributed by atoms with van der Waals surface area (Å²) < 4.78 is 20.8. The fourth-order valence-electron chi connectivity index (χ4n) is 3.27. The molecule has 1 heterocycles. The van der Waals surface area contributed by atoms with Crippen LogP contribution in [0, 0.1) is 0 Å². The number of aliphatic hydroxyl groups is 1. The number of carbonyl (C=O) groups is 2. The van der Waals surface area contributed by atoms with Crippen molar-refractivity contribution in [1.82, 2.24) is 4.90 Å². The number of benzene rings is 2. The van der Waals surface area contributed by atoms with Gasteiger partial charge >= 0.3 is 12.1 Å². The first kappa shape index (κ1) is 20.5. The molecule has 154 valence electrons. The minimum Gasteiger partial charge on any atom is -0.497 e. The van der Waals surface area contributed by atoms with Crippen LogP contribution in [0.5, 0.6) is 11.5 Å². The molecule has 0 bridgehead atoms. The highest BCUT2D eigenvalue weighted by atomic mass is 16.6. The third-order valence-corrected chi connectivity index (χ3v) is 4.74. The van der Waals surface area contributed by atoms with Crippen molar-refractivity contribution < 1.29 is 33.6 Å². The van der Waals surface area contributed by atoms with E-state index in [9.17, 15) is 14.7 Å². The molecule has 1 N–H and O–H groups in total. The largest absolute Gasteiger partial charge is 0.497 e. The van der Waals surface area contributed by atoms with Crippen LogP contribution in [0.2, 0.25) is 0 Å². The molecule has 8 heteroatoms. The standard InChI is InChI=1S/C21H23NO7/c1-4-28-18(23)13-22-20(24)29-19(14-5-9-16(26-2)10-6-14)21(22,25)15-7-11-17(27-3)12-8-15/h5-12,19,25H,4,13H2,1-3H3. The summed E-state index contributed by atoms with van der Waals surface area (Å²) in [5.74, 6) is 0.557. The lowest BCUT2D eigenvalue weighted by Gasteiger charge is -2.34. The molecular formula is C21H23NO7. The van der Waals surface area contributed by atoms with Crippen LogP contribution in [-0.2, 0) is 20.0 Å². The van der Waals surface area contributed by atoms with Gasteiger partial charge in [-0.2, -0.15) is 0 Å². The maximum Gasteiger partial charge on any atom is 0.413 e. The molecule has 2 unspecified atom stereocenters. The number of hydrogen-bond donors (Lipinski definition) is 1. The Bertz CT molecular complexity index is 866. The van der Waals surface area contributed by atoms with Crippen molar-refractivity contribution in [2.75, 3.05) is 27.4 Å². The van der Waals surface area contributed by atoms with Crippen molar-refractivity contribution in [3.63, 3.8) is 0 Å². The van der Waals surface area contributed by atoms with Gasteiger partial charge in [-0.25, -0.2) is 4.79 Å². The average molecular weight is 401 g/mol. The second kappa shape index (κ2) is 8.40. The molecule has 0 spiro atoms. The van der Waals surface area contributed by atoms with Gasteiger partial charge in [-0.1, -0.05) is 24.3 Å². The van der Waals surface area contributed by atoms with Crippen molar-refractivity contribution in [3.8, 4) is 11.5 Å². The Hall–Kier alpha value is -3.26. The maximum absolute atomic E-state index is 12.6. The van der Waals surface area contributed by atoms with Gasteiger partial charge in [0.2, 0.25) is 5.72 Å². The number of carbonyl (C=O) groups excluding carboxylic acids is 2. The molecule has 3 rings (SSSR count). The molecule has 1 amide bonds. The molecule has 2 aromatic carbocycles. The molecule has 2 atom stereocenters. The van der Waals surface area contributed by atoms with Crippen LogP contribution in [0.15, 0.2) is 48.5 Å². The van der Waals surface area contributed by atoms with Gasteiger partial charge in [0, 0.05) is 5.56 Å². The molecule has 29 heavy (non-hydrogen) atoms. The Morgan fingerprint density at radius 3 is 2.14 bits per heavy atom. The minimum atomic E-state index is -1.93. The third kappa shape index (κ3) is 3.84. The molecule has 1 fully saturated rings. The Morgan fingerprint density at radius 2 is 1.62 bits per heavy atom. The summed E-state index contributed by atoms with van der Waals surface area (Å²) in [6, 6.07) is 13.3. The quantitative estimate of drug-likeness (QED) is 0.713. The van der Waals surface area contributed by atoms with E-state index in [1.807, 2.05) is 0 Å². The van der Waals surface area contributed by atoms with E-state index in [2.05, 4.69) is 0 Å². The summed E-state index contributed by atoms with van der Waals surface area (Å²) in [5.41, 5.74) is -1.01. The zero-order valence-corrected chi connectivity index (χ0v) is 16.5. The number of esters is 1. The number of rotatable bonds is 7. The van der Waals surface area contributed by atoms with E-state index < -0.39 is 30.4 Å². The van der Waals surface area contributed by atoms with Crippen LogP contribution in [0.4, 0.5) is 4.79 Å². The Morgan fingerprint density at radius 1 is 1.07 bits per heavy atom. The maximum atomic E-state index is 12.6. The van der Waals surface area contributed by atoms with Gasteiger partial charge in [0.25, 0.3) is 0 Å². The van der Waals surface area contributed by atoms with Gasteiger partial charge in [0.15, 0.2) is 6.10 Å². The summed E-state index contributed by atoms with van der Waals surface area (Å²) in [6.45, 7) is 1.36. The molecule has 0 saturated carbocycles. The fraction of sp³-hybridized carbons (Fsp3) is 0.333. The van der Waals surface area contributed by atoms with E-state index in [0.717, 1.165) is 4.90 Å². The molecule has 8 nitrogen and oxygen atoms in total. The van der Waals surface area contributed by atoms with Gasteiger partial charge in [-0.3, -0.25) is 9.69 Å². The lowest BCUT2D eigenvalue weighted by atomic mass is 9.91. The topological polar surface area (TPSA) is 94.5 Å². The first-order valence-electron chi connectivity index (χ1n) is 9.08. The van der Waals surface area contributed by atoms with E-state index in [1.54, 1.807) is 62.6 Å². The molecule has 2 aromatic rings. The van der Waals surface area contributed by atoms with E-state index in [4.69, 9.17) is 18.9 Å². The van der Waals surface area contributed by atoms with Crippen LogP contribution in [-0.4, -0.2) is 49.4 Å². The summed E-state index contributed by atoms with van der Waals surface area (Å²) in [4.78, 5) is 25.7. The lowest BCUT2D eigenvalue weighted by molar-refractivity contribution is -0.153. The summed E-state index contributed by atoms with van der Waals surface area (Å²) >= 11 is 0. The number of cyclic esters (lactones) is 1. The van der Waals surface area contributed by atoms with Crippen molar-refractivity contribution in [2.45, 2.75) is 18.8 Å². The third-order valence-electron chi connectivity index (χ3n) is 4.74. The van der Waals surface area contributed by atoms with Crippen LogP contribution in [0.25, 0.3) is 0 Å². The summed E-state index contributed by atoms with van der Waals surface area (Å²) in [5, 5.41) is 11.7. The lowest BCUT2D eigenvalue weighted by Crippen LogP contribution is -2.48. The number of nitrogens with zero attached hydrogens (tertiary/aromatic N) is 1.